The first-order chi connectivity index (χ1) is 21.2. The van der Waals surface area contributed by atoms with E-state index in [1.54, 1.807) is 0 Å². The second kappa shape index (κ2) is 13.2. The molecule has 4 fully saturated rings. The number of aliphatic hydroxyl groups is 6. The van der Waals surface area contributed by atoms with Crippen molar-refractivity contribution in [3.05, 3.63) is 23.8 Å². The van der Waals surface area contributed by atoms with E-state index in [2.05, 4.69) is 39.8 Å². The summed E-state index contributed by atoms with van der Waals surface area (Å²) in [6.07, 6.45) is 2.81. The molecule has 0 amide bonds. The maximum Gasteiger partial charge on any atom is 0.187 e. The fourth-order valence-corrected chi connectivity index (χ4v) is 10.4. The largest absolute Gasteiger partial charge is 0.396 e. The van der Waals surface area contributed by atoms with Crippen molar-refractivity contribution in [2.24, 2.45) is 46.3 Å². The molecule has 1 aliphatic heterocycles. The monoisotopic (exact) mass is 638 g/mol. The van der Waals surface area contributed by atoms with E-state index in [0.717, 1.165) is 12.0 Å². The third kappa shape index (κ3) is 5.79. The van der Waals surface area contributed by atoms with Crippen LogP contribution < -0.4 is 0 Å². The van der Waals surface area contributed by atoms with Crippen molar-refractivity contribution in [2.45, 2.75) is 121 Å². The first kappa shape index (κ1) is 35.4. The summed E-state index contributed by atoms with van der Waals surface area (Å²) < 4.78 is 23.2. The highest BCUT2D eigenvalue weighted by molar-refractivity contribution is 5.33. The molecule has 0 aromatic heterocycles. The average molecular weight is 639 g/mol. The standard InChI is InChI=1S/C35H58O10/c1-18(20(3)16-36)8-9-19(2)26-27(39)28(40)31-34(26,5)13-11-25-33(4)12-10-21(14-22(33)23(37)15-35(25,31)41)45-32-30(43-7)29(42-6)24(38)17-44-32/h8-9,14,18-21,23-32,36-41H,10-13,15-17H2,1-7H3/b9-8+/t18-,19+,20?,21-,23+,24+,25+,26-,27+,28-,29-,30+,31+,32-,33-,34+,35-/m0/s1. The molecule has 5 aliphatic rings. The molecule has 0 aromatic carbocycles. The van der Waals surface area contributed by atoms with E-state index in [1.165, 1.54) is 14.2 Å². The van der Waals surface area contributed by atoms with E-state index in [4.69, 9.17) is 18.9 Å². The molecule has 17 atom stereocenters. The zero-order valence-electron chi connectivity index (χ0n) is 28.1. The van der Waals surface area contributed by atoms with Crippen LogP contribution in [0.3, 0.4) is 0 Å². The highest BCUT2D eigenvalue weighted by atomic mass is 16.7. The van der Waals surface area contributed by atoms with E-state index >= 15 is 0 Å². The van der Waals surface area contributed by atoms with Crippen LogP contribution in [-0.4, -0.2) is 113 Å². The van der Waals surface area contributed by atoms with Gasteiger partial charge in [0.1, 0.15) is 18.3 Å². The van der Waals surface area contributed by atoms with Crippen molar-refractivity contribution in [3.63, 3.8) is 0 Å². The Kier molecular flexibility index (Phi) is 10.4. The molecule has 3 saturated carbocycles. The number of ether oxygens (including phenoxy) is 4. The highest BCUT2D eigenvalue weighted by Gasteiger charge is 2.72. The van der Waals surface area contributed by atoms with Gasteiger partial charge in [-0.25, -0.2) is 0 Å². The van der Waals surface area contributed by atoms with Gasteiger partial charge in [-0.1, -0.05) is 52.8 Å². The lowest BCUT2D eigenvalue weighted by molar-refractivity contribution is -0.289. The lowest BCUT2D eigenvalue weighted by atomic mass is 9.43. The van der Waals surface area contributed by atoms with Gasteiger partial charge in [-0.3, -0.25) is 0 Å². The molecule has 0 spiro atoms. The summed E-state index contributed by atoms with van der Waals surface area (Å²) in [5.74, 6) is -0.833. The van der Waals surface area contributed by atoms with Gasteiger partial charge in [-0.2, -0.15) is 0 Å². The lowest BCUT2D eigenvalue weighted by Gasteiger charge is -2.63. The fourth-order valence-electron chi connectivity index (χ4n) is 10.4. The summed E-state index contributed by atoms with van der Waals surface area (Å²) in [5, 5.41) is 67.4. The SMILES string of the molecule is CO[C@@H]1[C@@H](OC)[C@H](O[C@@H]2C=C3[C@H](O)C[C@@]4(O)[C@@H]5[C@@H](O)[C@H](O)[C@H]([C@H](C)/C=C/[C@H](C)C(C)CO)[C@@]5(C)CC[C@@H]4[C@@]3(C)CC2)OC[C@H]1O. The molecule has 0 radical (unpaired) electrons. The van der Waals surface area contributed by atoms with E-state index in [9.17, 15) is 30.6 Å². The number of aliphatic hydroxyl groups excluding tert-OH is 5. The van der Waals surface area contributed by atoms with Crippen LogP contribution in [0.4, 0.5) is 0 Å². The van der Waals surface area contributed by atoms with Crippen LogP contribution in [0, 0.1) is 46.3 Å². The van der Waals surface area contributed by atoms with Crippen LogP contribution in [0.1, 0.15) is 66.7 Å². The maximum atomic E-state index is 12.7. The molecule has 10 heteroatoms. The average Bonchev–Trinajstić information content (AvgIpc) is 3.21. The van der Waals surface area contributed by atoms with Crippen molar-refractivity contribution >= 4 is 0 Å². The van der Waals surface area contributed by atoms with Gasteiger partial charge >= 0.3 is 0 Å². The van der Waals surface area contributed by atoms with Gasteiger partial charge in [0.25, 0.3) is 0 Å². The first-order valence-corrected chi connectivity index (χ1v) is 17.0. The Morgan fingerprint density at radius 2 is 1.67 bits per heavy atom. The number of hydrogen-bond donors (Lipinski definition) is 6. The van der Waals surface area contributed by atoms with E-state index in [0.29, 0.717) is 19.3 Å². The van der Waals surface area contributed by atoms with Crippen LogP contribution >= 0.6 is 0 Å². The Hall–Kier alpha value is -0.920. The number of methoxy groups -OCH3 is 2. The zero-order valence-corrected chi connectivity index (χ0v) is 28.1. The molecule has 1 saturated heterocycles. The number of allylic oxidation sites excluding steroid dienone is 2. The van der Waals surface area contributed by atoms with Crippen molar-refractivity contribution in [1.29, 1.82) is 0 Å². The number of hydrogen-bond acceptors (Lipinski definition) is 10. The minimum atomic E-state index is -1.36. The Morgan fingerprint density at radius 3 is 2.31 bits per heavy atom. The van der Waals surface area contributed by atoms with Crippen molar-refractivity contribution in [2.75, 3.05) is 27.4 Å². The van der Waals surface area contributed by atoms with E-state index in [1.807, 2.05) is 13.0 Å². The zero-order chi connectivity index (χ0) is 33.1. The molecule has 0 bridgehead atoms. The predicted octanol–water partition coefficient (Wildman–Crippen LogP) is 2.18. The summed E-state index contributed by atoms with van der Waals surface area (Å²) in [7, 11) is 3.05. The van der Waals surface area contributed by atoms with Crippen molar-refractivity contribution in [3.8, 4) is 0 Å². The molecule has 4 aliphatic carbocycles. The highest BCUT2D eigenvalue weighted by Crippen LogP contribution is 2.69. The Bertz CT molecular complexity index is 1100. The quantitative estimate of drug-likeness (QED) is 0.207. The Labute approximate surface area is 268 Å². The maximum absolute atomic E-state index is 12.7. The molecule has 6 N–H and O–H groups in total. The molecule has 10 nitrogen and oxygen atoms in total. The Balaban J connectivity index is 1.38. The first-order valence-electron chi connectivity index (χ1n) is 17.0. The molecule has 1 heterocycles. The smallest absolute Gasteiger partial charge is 0.187 e. The summed E-state index contributed by atoms with van der Waals surface area (Å²) in [6, 6.07) is 0. The van der Waals surface area contributed by atoms with Crippen LogP contribution in [0.2, 0.25) is 0 Å². The third-order valence-electron chi connectivity index (χ3n) is 13.0. The second-order valence-corrected chi connectivity index (χ2v) is 15.5. The van der Waals surface area contributed by atoms with Gasteiger partial charge in [0, 0.05) is 33.2 Å². The van der Waals surface area contributed by atoms with Crippen molar-refractivity contribution in [1.82, 2.24) is 0 Å². The topological polar surface area (TPSA) is 158 Å². The number of rotatable bonds is 9. The predicted molar refractivity (Wildman–Crippen MR) is 167 cm³/mol. The second-order valence-electron chi connectivity index (χ2n) is 15.5. The third-order valence-corrected chi connectivity index (χ3v) is 13.0. The van der Waals surface area contributed by atoms with Gasteiger partial charge < -0.3 is 49.6 Å². The van der Waals surface area contributed by atoms with Gasteiger partial charge in [-0.05, 0) is 71.7 Å². The van der Waals surface area contributed by atoms with Gasteiger partial charge in [-0.15, -0.1) is 0 Å². The normalized spacial score (nSPS) is 50.3. The summed E-state index contributed by atoms with van der Waals surface area (Å²) >= 11 is 0. The molecule has 45 heavy (non-hydrogen) atoms. The van der Waals surface area contributed by atoms with Crippen molar-refractivity contribution < 1.29 is 49.6 Å². The molecule has 5 rings (SSSR count). The van der Waals surface area contributed by atoms with E-state index < -0.39 is 65.3 Å². The molecule has 1 unspecified atom stereocenters. The van der Waals surface area contributed by atoms with E-state index in [-0.39, 0.29) is 55.3 Å². The van der Waals surface area contributed by atoms with Crippen LogP contribution in [-0.2, 0) is 18.9 Å². The molecule has 258 valence electrons. The summed E-state index contributed by atoms with van der Waals surface area (Å²) in [6.45, 7) is 10.5. The lowest BCUT2D eigenvalue weighted by Crippen LogP contribution is -2.66. The van der Waals surface area contributed by atoms with Crippen LogP contribution in [0.5, 0.6) is 0 Å². The fraction of sp³-hybridized carbons (Fsp3) is 0.886. The van der Waals surface area contributed by atoms with Crippen LogP contribution in [0.25, 0.3) is 0 Å². The minimum absolute atomic E-state index is 0.0537. The van der Waals surface area contributed by atoms with Gasteiger partial charge in [0.05, 0.1) is 36.6 Å². The molecule has 0 aromatic rings. The molecular formula is C35H58O10. The summed E-state index contributed by atoms with van der Waals surface area (Å²) in [5.41, 5.74) is -1.57. The van der Waals surface area contributed by atoms with Gasteiger partial charge in [0.15, 0.2) is 6.29 Å². The van der Waals surface area contributed by atoms with Crippen LogP contribution in [0.15, 0.2) is 23.8 Å². The Morgan fingerprint density at radius 1 is 0.978 bits per heavy atom. The van der Waals surface area contributed by atoms with Gasteiger partial charge in [0.2, 0.25) is 0 Å². The number of fused-ring (bicyclic) bond motifs is 5. The molecular weight excluding hydrogens is 580 g/mol. The minimum Gasteiger partial charge on any atom is -0.396 e. The summed E-state index contributed by atoms with van der Waals surface area (Å²) in [4.78, 5) is 0.